The molecule has 2 amide bonds. The van der Waals surface area contributed by atoms with Crippen LogP contribution in [0.25, 0.3) is 0 Å². The lowest BCUT2D eigenvalue weighted by molar-refractivity contribution is -0.121. The van der Waals surface area contributed by atoms with Crippen LogP contribution >= 0.6 is 0 Å². The van der Waals surface area contributed by atoms with Gasteiger partial charge in [0.2, 0.25) is 11.9 Å². The molecule has 9 nitrogen and oxygen atoms in total. The van der Waals surface area contributed by atoms with E-state index in [2.05, 4.69) is 20.5 Å². The monoisotopic (exact) mass is 478 g/mol. The van der Waals surface area contributed by atoms with Crippen LogP contribution in [0.3, 0.4) is 0 Å². The molecule has 1 aromatic carbocycles. The third-order valence-corrected chi connectivity index (χ3v) is 7.52. The molecule has 2 heterocycles. The maximum Gasteiger partial charge on any atom is 0.251 e. The summed E-state index contributed by atoms with van der Waals surface area (Å²) in [6.45, 7) is 2.62. The van der Waals surface area contributed by atoms with E-state index in [1.165, 1.54) is 19.3 Å². The Balaban J connectivity index is 1.42. The number of ether oxygens (including phenoxy) is 1. The number of fused-ring (bicyclic) bond motifs is 1. The van der Waals surface area contributed by atoms with Crippen LogP contribution < -0.4 is 25.2 Å². The molecule has 3 aliphatic rings. The minimum absolute atomic E-state index is 0.0773. The molecule has 2 aliphatic carbocycles. The quantitative estimate of drug-likeness (QED) is 0.650. The van der Waals surface area contributed by atoms with Gasteiger partial charge in [0.15, 0.2) is 5.82 Å². The summed E-state index contributed by atoms with van der Waals surface area (Å²) in [7, 11) is 3.37. The maximum absolute atomic E-state index is 12.9. The maximum atomic E-state index is 12.9. The van der Waals surface area contributed by atoms with Crippen molar-refractivity contribution in [1.29, 1.82) is 0 Å². The number of methoxy groups -OCH3 is 1. The first-order valence-electron chi connectivity index (χ1n) is 12.6. The topological polar surface area (TPSA) is 99.7 Å². The van der Waals surface area contributed by atoms with Gasteiger partial charge >= 0.3 is 0 Å². The van der Waals surface area contributed by atoms with Crippen molar-refractivity contribution in [2.75, 3.05) is 35.8 Å². The van der Waals surface area contributed by atoms with Crippen molar-refractivity contribution in [3.8, 4) is 5.75 Å². The number of rotatable bonds is 6. The summed E-state index contributed by atoms with van der Waals surface area (Å²) in [5, 5.41) is 6.32. The highest BCUT2D eigenvalue weighted by Gasteiger charge is 2.35. The van der Waals surface area contributed by atoms with Crippen molar-refractivity contribution in [3.63, 3.8) is 0 Å². The number of hydrogen-bond donors (Lipinski definition) is 2. The number of amides is 2. The fourth-order valence-corrected chi connectivity index (χ4v) is 5.20. The van der Waals surface area contributed by atoms with Crippen LogP contribution in [0.4, 0.5) is 23.1 Å². The van der Waals surface area contributed by atoms with E-state index in [0.29, 0.717) is 35.5 Å². The van der Waals surface area contributed by atoms with Crippen molar-refractivity contribution in [1.82, 2.24) is 15.3 Å². The molecule has 2 aromatic rings. The molecule has 5 rings (SSSR count). The summed E-state index contributed by atoms with van der Waals surface area (Å²) in [5.41, 5.74) is 1.96. The molecule has 35 heavy (non-hydrogen) atoms. The van der Waals surface area contributed by atoms with Crippen molar-refractivity contribution in [2.24, 2.45) is 5.92 Å². The lowest BCUT2D eigenvalue weighted by atomic mass is 9.93. The molecule has 0 radical (unpaired) electrons. The van der Waals surface area contributed by atoms with E-state index in [4.69, 9.17) is 9.72 Å². The van der Waals surface area contributed by atoms with E-state index in [0.717, 1.165) is 37.2 Å². The van der Waals surface area contributed by atoms with Crippen LogP contribution in [0.2, 0.25) is 0 Å². The van der Waals surface area contributed by atoms with E-state index >= 15 is 0 Å². The molecule has 0 bridgehead atoms. The molecule has 1 atom stereocenters. The fourth-order valence-electron chi connectivity index (χ4n) is 5.20. The van der Waals surface area contributed by atoms with Gasteiger partial charge in [0.1, 0.15) is 11.4 Å². The predicted molar refractivity (Wildman–Crippen MR) is 136 cm³/mol. The molecule has 9 heteroatoms. The van der Waals surface area contributed by atoms with Gasteiger partial charge in [-0.3, -0.25) is 9.59 Å². The molecule has 186 valence electrons. The number of benzene rings is 1. The zero-order valence-electron chi connectivity index (χ0n) is 20.7. The summed E-state index contributed by atoms with van der Waals surface area (Å²) in [5.74, 6) is 1.61. The molecular formula is C26H34N6O3. The Morgan fingerprint density at radius 1 is 1.14 bits per heavy atom. The second-order valence-electron chi connectivity index (χ2n) is 9.93. The number of carbonyl (C=O) groups excluding carboxylic acids is 2. The van der Waals surface area contributed by atoms with Gasteiger partial charge in [-0.15, -0.1) is 0 Å². The van der Waals surface area contributed by atoms with Gasteiger partial charge in [0.25, 0.3) is 5.91 Å². The van der Waals surface area contributed by atoms with E-state index < -0.39 is 0 Å². The average Bonchev–Trinajstić information content (AvgIpc) is 3.35. The SMILES string of the molecule is COc1cc(C(=O)NC2CCC2)ccc1Nc1ncc2c(n1)N(C1CCCC1)CC(C)C(=O)N2C. The van der Waals surface area contributed by atoms with Crippen LogP contribution in [0.5, 0.6) is 5.75 Å². The zero-order valence-corrected chi connectivity index (χ0v) is 20.7. The van der Waals surface area contributed by atoms with Crippen molar-refractivity contribution in [2.45, 2.75) is 64.0 Å². The summed E-state index contributed by atoms with van der Waals surface area (Å²) in [6.07, 6.45) is 9.56. The van der Waals surface area contributed by atoms with Crippen LogP contribution in [0, 0.1) is 5.92 Å². The molecule has 0 saturated heterocycles. The largest absolute Gasteiger partial charge is 0.495 e. The molecule has 2 saturated carbocycles. The summed E-state index contributed by atoms with van der Waals surface area (Å²) >= 11 is 0. The Kier molecular flexibility index (Phi) is 6.49. The normalized spacial score (nSPS) is 20.8. The Morgan fingerprint density at radius 2 is 1.91 bits per heavy atom. The first kappa shape index (κ1) is 23.4. The first-order valence-corrected chi connectivity index (χ1v) is 12.6. The number of nitrogens with zero attached hydrogens (tertiary/aromatic N) is 4. The minimum atomic E-state index is -0.120. The highest BCUT2D eigenvalue weighted by Crippen LogP contribution is 2.38. The number of anilines is 4. The van der Waals surface area contributed by atoms with Crippen molar-refractivity contribution in [3.05, 3.63) is 30.0 Å². The molecule has 2 N–H and O–H groups in total. The van der Waals surface area contributed by atoms with Crippen molar-refractivity contribution < 1.29 is 14.3 Å². The summed E-state index contributed by atoms with van der Waals surface area (Å²) in [6, 6.07) is 5.98. The van der Waals surface area contributed by atoms with Gasteiger partial charge in [0, 0.05) is 31.2 Å². The van der Waals surface area contributed by atoms with E-state index in [1.807, 2.05) is 13.0 Å². The number of hydrogen-bond acceptors (Lipinski definition) is 7. The number of aromatic nitrogens is 2. The van der Waals surface area contributed by atoms with Crippen LogP contribution in [0.1, 0.15) is 62.2 Å². The number of carbonyl (C=O) groups is 2. The first-order chi connectivity index (χ1) is 16.9. The van der Waals surface area contributed by atoms with Gasteiger partial charge in [-0.1, -0.05) is 19.8 Å². The van der Waals surface area contributed by atoms with E-state index in [-0.39, 0.29) is 23.8 Å². The van der Waals surface area contributed by atoms with Gasteiger partial charge in [-0.05, 0) is 50.3 Å². The highest BCUT2D eigenvalue weighted by atomic mass is 16.5. The van der Waals surface area contributed by atoms with E-state index in [1.54, 1.807) is 37.4 Å². The van der Waals surface area contributed by atoms with E-state index in [9.17, 15) is 9.59 Å². The third kappa shape index (κ3) is 4.63. The predicted octanol–water partition coefficient (Wildman–Crippen LogP) is 3.87. The highest BCUT2D eigenvalue weighted by molar-refractivity contribution is 5.99. The lowest BCUT2D eigenvalue weighted by Crippen LogP contribution is -2.39. The lowest BCUT2D eigenvalue weighted by Gasteiger charge is -2.31. The Labute approximate surface area is 206 Å². The van der Waals surface area contributed by atoms with Gasteiger partial charge in [-0.25, -0.2) is 4.98 Å². The van der Waals surface area contributed by atoms with Crippen LogP contribution in [-0.4, -0.2) is 54.6 Å². The second-order valence-corrected chi connectivity index (χ2v) is 9.93. The van der Waals surface area contributed by atoms with Crippen LogP contribution in [-0.2, 0) is 4.79 Å². The summed E-state index contributed by atoms with van der Waals surface area (Å²) < 4.78 is 5.57. The summed E-state index contributed by atoms with van der Waals surface area (Å²) in [4.78, 5) is 38.8. The van der Waals surface area contributed by atoms with Gasteiger partial charge in [0.05, 0.1) is 24.9 Å². The van der Waals surface area contributed by atoms with Gasteiger partial charge < -0.3 is 25.2 Å². The van der Waals surface area contributed by atoms with Crippen LogP contribution in [0.15, 0.2) is 24.4 Å². The fraction of sp³-hybridized carbons (Fsp3) is 0.538. The Morgan fingerprint density at radius 3 is 2.60 bits per heavy atom. The third-order valence-electron chi connectivity index (χ3n) is 7.52. The Bertz CT molecular complexity index is 1110. The van der Waals surface area contributed by atoms with Gasteiger partial charge in [-0.2, -0.15) is 4.98 Å². The minimum Gasteiger partial charge on any atom is -0.495 e. The zero-order chi connectivity index (χ0) is 24.5. The molecule has 1 aromatic heterocycles. The standard InChI is InChI=1S/C26H34N6O3/c1-16-15-32(19-9-4-5-10-19)23-21(31(2)25(16)34)14-27-26(30-23)29-20-12-11-17(13-22(20)35-3)24(33)28-18-7-6-8-18/h11-14,16,18-19H,4-10,15H2,1-3H3,(H,28,33)(H,27,29,30). The average molecular weight is 479 g/mol. The molecular weight excluding hydrogens is 444 g/mol. The van der Waals surface area contributed by atoms with Crippen molar-refractivity contribution >= 4 is 35.0 Å². The molecule has 1 unspecified atom stereocenters. The molecule has 0 spiro atoms. The molecule has 1 aliphatic heterocycles. The number of nitrogens with one attached hydrogen (secondary N) is 2. The second kappa shape index (κ2) is 9.71. The Hall–Kier alpha value is -3.36. The smallest absolute Gasteiger partial charge is 0.251 e. The molecule has 2 fully saturated rings.